The zero-order valence-electron chi connectivity index (χ0n) is 13.5. The molecule has 1 aromatic rings. The van der Waals surface area contributed by atoms with Gasteiger partial charge in [-0.15, -0.1) is 11.3 Å². The van der Waals surface area contributed by atoms with Crippen LogP contribution in [0.25, 0.3) is 0 Å². The largest absolute Gasteiger partial charge is 0.351 e. The van der Waals surface area contributed by atoms with Crippen LogP contribution in [0.4, 0.5) is 0 Å². The summed E-state index contributed by atoms with van der Waals surface area (Å²) >= 11 is 1.67. The standard InChI is InChI=1S/C15H27N3OS/c1-14(2,3)11-10-20-13(17-11)9-16-8-7-12(19)18-15(4,5)6/h10,16H,7-9H2,1-6H3,(H,18,19). The Morgan fingerprint density at radius 2 is 1.90 bits per heavy atom. The summed E-state index contributed by atoms with van der Waals surface area (Å²) in [6.45, 7) is 13.9. The van der Waals surface area contributed by atoms with Gasteiger partial charge in [0.25, 0.3) is 0 Å². The molecule has 1 heterocycles. The Morgan fingerprint density at radius 1 is 1.25 bits per heavy atom. The molecule has 0 bridgehead atoms. The molecule has 4 nitrogen and oxygen atoms in total. The monoisotopic (exact) mass is 297 g/mol. The van der Waals surface area contributed by atoms with Crippen molar-refractivity contribution < 1.29 is 4.79 Å². The molecular formula is C15H27N3OS. The first kappa shape index (κ1) is 17.1. The van der Waals surface area contributed by atoms with E-state index >= 15 is 0 Å². The van der Waals surface area contributed by atoms with E-state index in [0.29, 0.717) is 13.0 Å². The van der Waals surface area contributed by atoms with Crippen molar-refractivity contribution in [1.29, 1.82) is 0 Å². The van der Waals surface area contributed by atoms with E-state index < -0.39 is 0 Å². The van der Waals surface area contributed by atoms with E-state index in [1.165, 1.54) is 0 Å². The number of thiazole rings is 1. The van der Waals surface area contributed by atoms with Crippen LogP contribution in [-0.4, -0.2) is 23.0 Å². The fraction of sp³-hybridized carbons (Fsp3) is 0.733. The van der Waals surface area contributed by atoms with E-state index in [9.17, 15) is 4.79 Å². The lowest BCUT2D eigenvalue weighted by Crippen LogP contribution is -2.41. The lowest BCUT2D eigenvalue weighted by atomic mass is 9.93. The average Bonchev–Trinajstić information content (AvgIpc) is 2.70. The van der Waals surface area contributed by atoms with Gasteiger partial charge in [0, 0.05) is 35.8 Å². The van der Waals surface area contributed by atoms with Gasteiger partial charge in [-0.05, 0) is 20.8 Å². The molecule has 1 rings (SSSR count). The highest BCUT2D eigenvalue weighted by atomic mass is 32.1. The van der Waals surface area contributed by atoms with Crippen molar-refractivity contribution in [3.63, 3.8) is 0 Å². The van der Waals surface area contributed by atoms with Crippen molar-refractivity contribution in [2.75, 3.05) is 6.54 Å². The van der Waals surface area contributed by atoms with Crippen molar-refractivity contribution >= 4 is 17.2 Å². The number of hydrogen-bond acceptors (Lipinski definition) is 4. The highest BCUT2D eigenvalue weighted by Gasteiger charge is 2.17. The smallest absolute Gasteiger partial charge is 0.221 e. The fourth-order valence-corrected chi connectivity index (χ4v) is 2.60. The molecule has 0 saturated carbocycles. The third-order valence-electron chi connectivity index (χ3n) is 2.64. The van der Waals surface area contributed by atoms with E-state index in [0.717, 1.165) is 17.2 Å². The molecule has 0 aromatic carbocycles. The predicted molar refractivity (Wildman–Crippen MR) is 85.0 cm³/mol. The van der Waals surface area contributed by atoms with Gasteiger partial charge in [0.2, 0.25) is 5.91 Å². The SMILES string of the molecule is CC(C)(C)NC(=O)CCNCc1nc(C(C)(C)C)cs1. The fourth-order valence-electron chi connectivity index (χ4n) is 1.61. The number of amides is 1. The maximum Gasteiger partial charge on any atom is 0.221 e. The first-order chi connectivity index (χ1) is 9.08. The molecule has 114 valence electrons. The van der Waals surface area contributed by atoms with Crippen LogP contribution in [0.5, 0.6) is 0 Å². The molecule has 0 unspecified atom stereocenters. The van der Waals surface area contributed by atoms with Crippen LogP contribution in [0, 0.1) is 0 Å². The van der Waals surface area contributed by atoms with Gasteiger partial charge in [0.15, 0.2) is 0 Å². The highest BCUT2D eigenvalue weighted by Crippen LogP contribution is 2.23. The molecule has 0 aliphatic heterocycles. The van der Waals surface area contributed by atoms with Crippen LogP contribution in [0.3, 0.4) is 0 Å². The summed E-state index contributed by atoms with van der Waals surface area (Å²) in [5.41, 5.74) is 1.07. The first-order valence-electron chi connectivity index (χ1n) is 7.04. The van der Waals surface area contributed by atoms with E-state index in [1.807, 2.05) is 20.8 Å². The second-order valence-electron chi connectivity index (χ2n) is 7.10. The average molecular weight is 297 g/mol. The third kappa shape index (κ3) is 6.48. The minimum absolute atomic E-state index is 0.0829. The van der Waals surface area contributed by atoms with Crippen LogP contribution < -0.4 is 10.6 Å². The number of rotatable bonds is 5. The van der Waals surface area contributed by atoms with Crippen LogP contribution in [0.2, 0.25) is 0 Å². The van der Waals surface area contributed by atoms with Crippen LogP contribution in [0.15, 0.2) is 5.38 Å². The maximum absolute atomic E-state index is 11.6. The Morgan fingerprint density at radius 3 is 2.40 bits per heavy atom. The quantitative estimate of drug-likeness (QED) is 0.822. The number of carbonyl (C=O) groups is 1. The molecule has 0 radical (unpaired) electrons. The number of aromatic nitrogens is 1. The van der Waals surface area contributed by atoms with Crippen molar-refractivity contribution in [1.82, 2.24) is 15.6 Å². The van der Waals surface area contributed by atoms with Gasteiger partial charge >= 0.3 is 0 Å². The molecule has 5 heteroatoms. The summed E-state index contributed by atoms with van der Waals surface area (Å²) < 4.78 is 0. The van der Waals surface area contributed by atoms with Gasteiger partial charge in [0.1, 0.15) is 5.01 Å². The maximum atomic E-state index is 11.6. The van der Waals surface area contributed by atoms with Crippen LogP contribution >= 0.6 is 11.3 Å². The van der Waals surface area contributed by atoms with E-state index in [-0.39, 0.29) is 16.9 Å². The summed E-state index contributed by atoms with van der Waals surface area (Å²) in [6, 6.07) is 0. The second-order valence-corrected chi connectivity index (χ2v) is 8.04. The third-order valence-corrected chi connectivity index (χ3v) is 3.49. The summed E-state index contributed by atoms with van der Waals surface area (Å²) in [5, 5.41) is 9.41. The molecule has 1 amide bonds. The molecule has 20 heavy (non-hydrogen) atoms. The molecule has 0 spiro atoms. The van der Waals surface area contributed by atoms with Crippen molar-refractivity contribution in [2.24, 2.45) is 0 Å². The Kier molecular flexibility index (Phi) is 5.71. The van der Waals surface area contributed by atoms with Crippen molar-refractivity contribution in [3.05, 3.63) is 16.1 Å². The molecular weight excluding hydrogens is 270 g/mol. The van der Waals surface area contributed by atoms with E-state index in [2.05, 4.69) is 41.8 Å². The number of carbonyl (C=O) groups excluding carboxylic acids is 1. The van der Waals surface area contributed by atoms with Crippen LogP contribution in [0.1, 0.15) is 58.7 Å². The van der Waals surface area contributed by atoms with Gasteiger partial charge in [0.05, 0.1) is 5.69 Å². The normalized spacial score (nSPS) is 12.5. The van der Waals surface area contributed by atoms with E-state index in [1.54, 1.807) is 11.3 Å². The lowest BCUT2D eigenvalue weighted by Gasteiger charge is -2.20. The Bertz CT molecular complexity index is 441. The molecule has 0 aliphatic carbocycles. The minimum atomic E-state index is -0.159. The molecule has 0 aliphatic rings. The Balaban J connectivity index is 2.28. The summed E-state index contributed by atoms with van der Waals surface area (Å²) in [5.74, 6) is 0.0829. The van der Waals surface area contributed by atoms with Gasteiger partial charge in [-0.2, -0.15) is 0 Å². The molecule has 0 saturated heterocycles. The van der Waals surface area contributed by atoms with Crippen LogP contribution in [-0.2, 0) is 16.8 Å². The lowest BCUT2D eigenvalue weighted by molar-refractivity contribution is -0.122. The molecule has 0 atom stereocenters. The molecule has 1 aromatic heterocycles. The zero-order valence-corrected chi connectivity index (χ0v) is 14.3. The van der Waals surface area contributed by atoms with Gasteiger partial charge < -0.3 is 10.6 Å². The van der Waals surface area contributed by atoms with Gasteiger partial charge in [-0.1, -0.05) is 20.8 Å². The topological polar surface area (TPSA) is 54.0 Å². The Labute approximate surface area is 126 Å². The second kappa shape index (κ2) is 6.68. The minimum Gasteiger partial charge on any atom is -0.351 e. The first-order valence-corrected chi connectivity index (χ1v) is 7.92. The zero-order chi connectivity index (χ0) is 15.4. The highest BCUT2D eigenvalue weighted by molar-refractivity contribution is 7.09. The number of hydrogen-bond donors (Lipinski definition) is 2. The summed E-state index contributed by atoms with van der Waals surface area (Å²) in [7, 11) is 0. The van der Waals surface area contributed by atoms with Crippen molar-refractivity contribution in [2.45, 2.75) is 65.5 Å². The number of nitrogens with one attached hydrogen (secondary N) is 2. The molecule has 2 N–H and O–H groups in total. The number of nitrogens with zero attached hydrogens (tertiary/aromatic N) is 1. The Hall–Kier alpha value is -0.940. The summed E-state index contributed by atoms with van der Waals surface area (Å²) in [6.07, 6.45) is 0.495. The predicted octanol–water partition coefficient (Wildman–Crippen LogP) is 2.84. The van der Waals surface area contributed by atoms with Gasteiger partial charge in [-0.25, -0.2) is 4.98 Å². The summed E-state index contributed by atoms with van der Waals surface area (Å²) in [4.78, 5) is 16.3. The van der Waals surface area contributed by atoms with Crippen molar-refractivity contribution in [3.8, 4) is 0 Å². The molecule has 0 fully saturated rings. The van der Waals surface area contributed by atoms with E-state index in [4.69, 9.17) is 0 Å². The van der Waals surface area contributed by atoms with Gasteiger partial charge in [-0.3, -0.25) is 4.79 Å².